The summed E-state index contributed by atoms with van der Waals surface area (Å²) in [6.45, 7) is 5.29. The highest BCUT2D eigenvalue weighted by Gasteiger charge is 2.29. The third-order valence-electron chi connectivity index (χ3n) is 6.50. The van der Waals surface area contributed by atoms with Gasteiger partial charge in [-0.2, -0.15) is 0 Å². The van der Waals surface area contributed by atoms with Gasteiger partial charge in [0.25, 0.3) is 5.91 Å². The van der Waals surface area contributed by atoms with Crippen molar-refractivity contribution in [2.24, 2.45) is 0 Å². The SMILES string of the molecule is Cc1ccc(C(c2ccccc2)N2CCN(C(=O)c3cccc4ccccc34)CC2)cc1. The molecule has 1 aliphatic heterocycles. The first-order chi connectivity index (χ1) is 15.7. The molecule has 0 N–H and O–H groups in total. The van der Waals surface area contributed by atoms with Crippen LogP contribution < -0.4 is 0 Å². The van der Waals surface area contributed by atoms with Crippen LogP contribution in [0.4, 0.5) is 0 Å². The lowest BCUT2D eigenvalue weighted by atomic mass is 9.95. The smallest absolute Gasteiger partial charge is 0.254 e. The second-order valence-corrected chi connectivity index (χ2v) is 8.58. The molecule has 0 bridgehead atoms. The molecule has 1 atom stereocenters. The number of hydrogen-bond acceptors (Lipinski definition) is 2. The number of nitrogens with zero attached hydrogens (tertiary/aromatic N) is 2. The minimum Gasteiger partial charge on any atom is -0.336 e. The molecule has 4 aromatic carbocycles. The summed E-state index contributed by atoms with van der Waals surface area (Å²) in [4.78, 5) is 17.9. The first-order valence-electron chi connectivity index (χ1n) is 11.3. The molecular weight excluding hydrogens is 392 g/mol. The zero-order chi connectivity index (χ0) is 21.9. The second-order valence-electron chi connectivity index (χ2n) is 8.58. The van der Waals surface area contributed by atoms with E-state index in [1.54, 1.807) is 0 Å². The van der Waals surface area contributed by atoms with Gasteiger partial charge in [-0.15, -0.1) is 0 Å². The quantitative estimate of drug-likeness (QED) is 0.423. The van der Waals surface area contributed by atoms with E-state index in [0.717, 1.165) is 42.5 Å². The van der Waals surface area contributed by atoms with E-state index in [1.165, 1.54) is 16.7 Å². The van der Waals surface area contributed by atoms with Crippen LogP contribution in [-0.4, -0.2) is 41.9 Å². The van der Waals surface area contributed by atoms with Crippen LogP contribution in [0.2, 0.25) is 0 Å². The van der Waals surface area contributed by atoms with Crippen molar-refractivity contribution in [1.29, 1.82) is 0 Å². The third-order valence-corrected chi connectivity index (χ3v) is 6.50. The molecule has 0 radical (unpaired) electrons. The molecule has 5 rings (SSSR count). The van der Waals surface area contributed by atoms with Gasteiger partial charge in [-0.1, -0.05) is 96.6 Å². The summed E-state index contributed by atoms with van der Waals surface area (Å²) in [7, 11) is 0. The number of aryl methyl sites for hydroxylation is 1. The van der Waals surface area contributed by atoms with Crippen LogP contribution in [0.25, 0.3) is 10.8 Å². The Labute approximate surface area is 189 Å². The molecule has 3 heteroatoms. The predicted octanol–water partition coefficient (Wildman–Crippen LogP) is 5.70. The van der Waals surface area contributed by atoms with Crippen molar-refractivity contribution in [2.45, 2.75) is 13.0 Å². The first-order valence-corrected chi connectivity index (χ1v) is 11.3. The van der Waals surface area contributed by atoms with Gasteiger partial charge in [-0.3, -0.25) is 9.69 Å². The topological polar surface area (TPSA) is 23.6 Å². The fourth-order valence-corrected chi connectivity index (χ4v) is 4.76. The number of amides is 1. The van der Waals surface area contributed by atoms with E-state index in [-0.39, 0.29) is 11.9 Å². The standard InChI is InChI=1S/C29H28N2O/c1-22-14-16-25(17-15-22)28(24-9-3-2-4-10-24)30-18-20-31(21-19-30)29(32)27-13-7-11-23-8-5-6-12-26(23)27/h2-17,28H,18-21H2,1H3. The van der Waals surface area contributed by atoms with Crippen LogP contribution in [0, 0.1) is 6.92 Å². The van der Waals surface area contributed by atoms with Gasteiger partial charge in [0.05, 0.1) is 6.04 Å². The number of hydrogen-bond donors (Lipinski definition) is 0. The van der Waals surface area contributed by atoms with Crippen molar-refractivity contribution in [3.05, 3.63) is 119 Å². The van der Waals surface area contributed by atoms with Crippen molar-refractivity contribution < 1.29 is 4.79 Å². The molecular formula is C29H28N2O. The molecule has 1 saturated heterocycles. The molecule has 0 aliphatic carbocycles. The van der Waals surface area contributed by atoms with E-state index in [9.17, 15) is 4.79 Å². The summed E-state index contributed by atoms with van der Waals surface area (Å²) < 4.78 is 0. The molecule has 4 aromatic rings. The number of carbonyl (C=O) groups is 1. The highest BCUT2D eigenvalue weighted by molar-refractivity contribution is 6.07. The van der Waals surface area contributed by atoms with Crippen LogP contribution in [0.3, 0.4) is 0 Å². The Bertz CT molecular complexity index is 1200. The van der Waals surface area contributed by atoms with E-state index < -0.39 is 0 Å². The molecule has 1 fully saturated rings. The van der Waals surface area contributed by atoms with Crippen LogP contribution in [0.1, 0.15) is 33.1 Å². The molecule has 0 saturated carbocycles. The second kappa shape index (κ2) is 8.97. The Morgan fingerprint density at radius 1 is 0.688 bits per heavy atom. The Morgan fingerprint density at radius 3 is 2.06 bits per heavy atom. The van der Waals surface area contributed by atoms with Crippen molar-refractivity contribution in [2.75, 3.05) is 26.2 Å². The minimum atomic E-state index is 0.132. The average molecular weight is 421 g/mol. The van der Waals surface area contributed by atoms with Crippen LogP contribution >= 0.6 is 0 Å². The molecule has 3 nitrogen and oxygen atoms in total. The summed E-state index contributed by atoms with van der Waals surface area (Å²) in [6, 6.07) is 33.9. The maximum absolute atomic E-state index is 13.4. The zero-order valence-electron chi connectivity index (χ0n) is 18.4. The normalized spacial score (nSPS) is 15.6. The van der Waals surface area contributed by atoms with Crippen LogP contribution in [0.15, 0.2) is 97.1 Å². The minimum absolute atomic E-state index is 0.132. The molecule has 0 spiro atoms. The Morgan fingerprint density at radius 2 is 1.31 bits per heavy atom. The van der Waals surface area contributed by atoms with E-state index in [1.807, 2.05) is 35.2 Å². The van der Waals surface area contributed by atoms with Gasteiger partial charge < -0.3 is 4.90 Å². The van der Waals surface area contributed by atoms with Crippen LogP contribution in [0.5, 0.6) is 0 Å². The van der Waals surface area contributed by atoms with E-state index in [0.29, 0.717) is 0 Å². The molecule has 32 heavy (non-hydrogen) atoms. The third kappa shape index (κ3) is 4.04. The number of rotatable bonds is 4. The van der Waals surface area contributed by atoms with E-state index in [2.05, 4.69) is 78.6 Å². The predicted molar refractivity (Wildman–Crippen MR) is 131 cm³/mol. The van der Waals surface area contributed by atoms with E-state index >= 15 is 0 Å². The van der Waals surface area contributed by atoms with Crippen molar-refractivity contribution in [1.82, 2.24) is 9.80 Å². The van der Waals surface area contributed by atoms with Crippen molar-refractivity contribution in [3.63, 3.8) is 0 Å². The zero-order valence-corrected chi connectivity index (χ0v) is 18.4. The molecule has 1 amide bonds. The highest BCUT2D eigenvalue weighted by atomic mass is 16.2. The number of benzene rings is 4. The monoisotopic (exact) mass is 420 g/mol. The van der Waals surface area contributed by atoms with Gasteiger partial charge in [0, 0.05) is 31.7 Å². The molecule has 1 aliphatic rings. The van der Waals surface area contributed by atoms with Crippen molar-refractivity contribution in [3.8, 4) is 0 Å². The number of piperazine rings is 1. The summed E-state index contributed by atoms with van der Waals surface area (Å²) in [5.74, 6) is 0.132. The molecule has 0 aromatic heterocycles. The van der Waals surface area contributed by atoms with Gasteiger partial charge in [0.15, 0.2) is 0 Å². The summed E-state index contributed by atoms with van der Waals surface area (Å²) in [5.41, 5.74) is 4.67. The Balaban J connectivity index is 1.37. The van der Waals surface area contributed by atoms with E-state index in [4.69, 9.17) is 0 Å². The average Bonchev–Trinajstić information content (AvgIpc) is 2.86. The first kappa shape index (κ1) is 20.5. The molecule has 1 unspecified atom stereocenters. The maximum Gasteiger partial charge on any atom is 0.254 e. The fraction of sp³-hybridized carbons (Fsp3) is 0.207. The van der Waals surface area contributed by atoms with Gasteiger partial charge in [0.2, 0.25) is 0 Å². The maximum atomic E-state index is 13.4. The lowest BCUT2D eigenvalue weighted by Gasteiger charge is -2.40. The summed E-state index contributed by atoms with van der Waals surface area (Å²) in [5, 5.41) is 2.14. The highest BCUT2D eigenvalue weighted by Crippen LogP contribution is 2.30. The number of carbonyl (C=O) groups excluding carboxylic acids is 1. The molecule has 160 valence electrons. The van der Waals surface area contributed by atoms with Crippen LogP contribution in [-0.2, 0) is 0 Å². The Hall–Kier alpha value is -3.43. The Kier molecular flexibility index (Phi) is 5.74. The number of fused-ring (bicyclic) bond motifs is 1. The summed E-state index contributed by atoms with van der Waals surface area (Å²) >= 11 is 0. The molecule has 1 heterocycles. The van der Waals surface area contributed by atoms with Gasteiger partial charge in [0.1, 0.15) is 0 Å². The van der Waals surface area contributed by atoms with Gasteiger partial charge in [-0.05, 0) is 34.9 Å². The largest absolute Gasteiger partial charge is 0.336 e. The fourth-order valence-electron chi connectivity index (χ4n) is 4.76. The van der Waals surface area contributed by atoms with Gasteiger partial charge >= 0.3 is 0 Å². The van der Waals surface area contributed by atoms with Gasteiger partial charge in [-0.25, -0.2) is 0 Å². The van der Waals surface area contributed by atoms with Crippen molar-refractivity contribution >= 4 is 16.7 Å². The lowest BCUT2D eigenvalue weighted by molar-refractivity contribution is 0.0599. The lowest BCUT2D eigenvalue weighted by Crippen LogP contribution is -2.49. The summed E-state index contributed by atoms with van der Waals surface area (Å²) in [6.07, 6.45) is 0.